The highest BCUT2D eigenvalue weighted by atomic mass is 16.5. The van der Waals surface area contributed by atoms with Gasteiger partial charge in [-0.1, -0.05) is 25.1 Å². The first kappa shape index (κ1) is 29.0. The minimum atomic E-state index is -0.377. The molecule has 0 atom stereocenters. The zero-order valence-corrected chi connectivity index (χ0v) is 22.9. The Kier molecular flexibility index (Phi) is 11.0. The molecule has 3 amide bonds. The Morgan fingerprint density at radius 2 is 1.74 bits per heavy atom. The molecule has 0 unspecified atom stereocenters. The molecule has 0 saturated carbocycles. The van der Waals surface area contributed by atoms with Crippen molar-refractivity contribution in [2.24, 2.45) is 5.92 Å². The van der Waals surface area contributed by atoms with Crippen LogP contribution in [0.15, 0.2) is 42.5 Å². The normalized spacial score (nSPS) is 14.0. The second kappa shape index (κ2) is 14.4. The fourth-order valence-electron chi connectivity index (χ4n) is 4.64. The maximum atomic E-state index is 12.9. The van der Waals surface area contributed by atoms with Crippen molar-refractivity contribution >= 4 is 35.0 Å². The Labute approximate surface area is 225 Å². The van der Waals surface area contributed by atoms with Crippen molar-refractivity contribution in [3.05, 3.63) is 48.0 Å². The Hall–Kier alpha value is -3.59. The standard InChI is InChI=1S/C29H40N4O5/c1-5-27(34)33(18-17-32-15-13-22(14-16-32)19-28(35)38-6-2)23-11-12-25(26(20-23)37-4)31-29(36)30-24-10-8-7-9-21(24)3/h7-12,20,22H,5-6,13-19H2,1-4H3,(H2,30,31,36). The van der Waals surface area contributed by atoms with Gasteiger partial charge in [-0.25, -0.2) is 4.79 Å². The zero-order valence-electron chi connectivity index (χ0n) is 22.9. The molecular weight excluding hydrogens is 484 g/mol. The van der Waals surface area contributed by atoms with Gasteiger partial charge in [-0.15, -0.1) is 0 Å². The maximum Gasteiger partial charge on any atom is 0.323 e. The Morgan fingerprint density at radius 1 is 1.03 bits per heavy atom. The Morgan fingerprint density at radius 3 is 2.39 bits per heavy atom. The summed E-state index contributed by atoms with van der Waals surface area (Å²) in [5.41, 5.74) is 2.91. The first-order chi connectivity index (χ1) is 18.3. The molecule has 0 bridgehead atoms. The van der Waals surface area contributed by atoms with E-state index in [1.807, 2.05) is 51.1 Å². The van der Waals surface area contributed by atoms with Crippen LogP contribution in [0.4, 0.5) is 21.9 Å². The SMILES string of the molecule is CCOC(=O)CC1CCN(CCN(C(=O)CC)c2ccc(NC(=O)Nc3ccccc3C)c(OC)c2)CC1. The van der Waals surface area contributed by atoms with E-state index in [-0.39, 0.29) is 17.9 Å². The molecule has 0 radical (unpaired) electrons. The van der Waals surface area contributed by atoms with E-state index < -0.39 is 0 Å². The summed E-state index contributed by atoms with van der Waals surface area (Å²) in [5.74, 6) is 0.717. The number of aryl methyl sites for hydroxylation is 1. The van der Waals surface area contributed by atoms with Gasteiger partial charge < -0.3 is 29.9 Å². The number of likely N-dealkylation sites (tertiary alicyclic amines) is 1. The van der Waals surface area contributed by atoms with Gasteiger partial charge in [0.2, 0.25) is 5.91 Å². The number of nitrogens with zero attached hydrogens (tertiary/aromatic N) is 2. The molecule has 2 N–H and O–H groups in total. The summed E-state index contributed by atoms with van der Waals surface area (Å²) in [7, 11) is 1.54. The van der Waals surface area contributed by atoms with E-state index in [9.17, 15) is 14.4 Å². The van der Waals surface area contributed by atoms with Crippen molar-refractivity contribution in [2.75, 3.05) is 55.4 Å². The molecule has 1 aliphatic rings. The van der Waals surface area contributed by atoms with E-state index in [2.05, 4.69) is 15.5 Å². The first-order valence-electron chi connectivity index (χ1n) is 13.3. The number of hydrogen-bond donors (Lipinski definition) is 2. The highest BCUT2D eigenvalue weighted by molar-refractivity contribution is 6.01. The van der Waals surface area contributed by atoms with Gasteiger partial charge >= 0.3 is 12.0 Å². The van der Waals surface area contributed by atoms with Crippen molar-refractivity contribution in [3.8, 4) is 5.75 Å². The molecule has 0 aliphatic carbocycles. The summed E-state index contributed by atoms with van der Waals surface area (Å²) in [5, 5.41) is 5.69. The number of esters is 1. The van der Waals surface area contributed by atoms with E-state index in [0.29, 0.717) is 43.3 Å². The number of carbonyl (C=O) groups is 3. The number of nitrogens with one attached hydrogen (secondary N) is 2. The number of benzene rings is 2. The van der Waals surface area contributed by atoms with Crippen LogP contribution >= 0.6 is 0 Å². The number of anilines is 3. The smallest absolute Gasteiger partial charge is 0.323 e. The van der Waals surface area contributed by atoms with Crippen molar-refractivity contribution in [1.82, 2.24) is 4.90 Å². The average Bonchev–Trinajstić information content (AvgIpc) is 2.91. The highest BCUT2D eigenvalue weighted by Crippen LogP contribution is 2.31. The van der Waals surface area contributed by atoms with Crippen molar-refractivity contribution < 1.29 is 23.9 Å². The lowest BCUT2D eigenvalue weighted by Gasteiger charge is -2.33. The van der Waals surface area contributed by atoms with Gasteiger partial charge in [-0.2, -0.15) is 0 Å². The van der Waals surface area contributed by atoms with Crippen LogP contribution in [0.5, 0.6) is 5.75 Å². The molecule has 206 valence electrons. The topological polar surface area (TPSA) is 100 Å². The van der Waals surface area contributed by atoms with E-state index >= 15 is 0 Å². The van der Waals surface area contributed by atoms with Gasteiger partial charge in [0.1, 0.15) is 5.75 Å². The second-order valence-electron chi connectivity index (χ2n) is 9.47. The van der Waals surface area contributed by atoms with Crippen LogP contribution in [0.3, 0.4) is 0 Å². The van der Waals surface area contributed by atoms with Crippen LogP contribution in [0.25, 0.3) is 0 Å². The number of urea groups is 1. The van der Waals surface area contributed by atoms with Crippen LogP contribution in [0.2, 0.25) is 0 Å². The van der Waals surface area contributed by atoms with Crippen LogP contribution in [-0.2, 0) is 14.3 Å². The van der Waals surface area contributed by atoms with Crippen LogP contribution in [0.1, 0.15) is 45.1 Å². The fourth-order valence-corrected chi connectivity index (χ4v) is 4.64. The Balaban J connectivity index is 1.61. The molecule has 0 aromatic heterocycles. The van der Waals surface area contributed by atoms with Crippen LogP contribution in [0, 0.1) is 12.8 Å². The highest BCUT2D eigenvalue weighted by Gasteiger charge is 2.24. The third-order valence-electron chi connectivity index (χ3n) is 6.85. The lowest BCUT2D eigenvalue weighted by molar-refractivity contribution is -0.144. The quantitative estimate of drug-likeness (QED) is 0.399. The van der Waals surface area contributed by atoms with Crippen molar-refractivity contribution in [2.45, 2.75) is 46.5 Å². The molecule has 9 nitrogen and oxygen atoms in total. The summed E-state index contributed by atoms with van der Waals surface area (Å²) in [6, 6.07) is 12.5. The van der Waals surface area contributed by atoms with Crippen molar-refractivity contribution in [1.29, 1.82) is 0 Å². The second-order valence-corrected chi connectivity index (χ2v) is 9.47. The van der Waals surface area contributed by atoms with E-state index in [1.54, 1.807) is 17.0 Å². The number of methoxy groups -OCH3 is 1. The molecule has 1 saturated heterocycles. The third kappa shape index (κ3) is 8.21. The predicted octanol–water partition coefficient (Wildman–Crippen LogP) is 5.06. The molecule has 0 spiro atoms. The number of amides is 3. The number of carbonyl (C=O) groups excluding carboxylic acids is 3. The lowest BCUT2D eigenvalue weighted by Crippen LogP contribution is -2.42. The molecule has 1 heterocycles. The minimum Gasteiger partial charge on any atom is -0.494 e. The molecule has 1 aliphatic heterocycles. The zero-order chi connectivity index (χ0) is 27.5. The summed E-state index contributed by atoms with van der Waals surface area (Å²) < 4.78 is 10.6. The van der Waals surface area contributed by atoms with Gasteiger partial charge in [-0.05, 0) is 69.5 Å². The van der Waals surface area contributed by atoms with Gasteiger partial charge in [0.05, 0.1) is 19.4 Å². The number of rotatable bonds is 11. The number of para-hydroxylation sites is 1. The average molecular weight is 525 g/mol. The minimum absolute atomic E-state index is 0.0160. The number of piperidine rings is 1. The molecule has 2 aromatic rings. The largest absolute Gasteiger partial charge is 0.494 e. The van der Waals surface area contributed by atoms with Gasteiger partial charge in [-0.3, -0.25) is 9.59 Å². The number of hydrogen-bond acceptors (Lipinski definition) is 6. The van der Waals surface area contributed by atoms with E-state index in [1.165, 1.54) is 7.11 Å². The van der Waals surface area contributed by atoms with Crippen LogP contribution < -0.4 is 20.3 Å². The van der Waals surface area contributed by atoms with Gasteiger partial charge in [0.25, 0.3) is 0 Å². The molecule has 2 aromatic carbocycles. The molecule has 38 heavy (non-hydrogen) atoms. The monoisotopic (exact) mass is 524 g/mol. The first-order valence-corrected chi connectivity index (χ1v) is 13.3. The predicted molar refractivity (Wildman–Crippen MR) is 150 cm³/mol. The number of ether oxygens (including phenoxy) is 2. The summed E-state index contributed by atoms with van der Waals surface area (Å²) in [6.45, 7) is 9.07. The lowest BCUT2D eigenvalue weighted by atomic mass is 9.93. The fraction of sp³-hybridized carbons (Fsp3) is 0.483. The third-order valence-corrected chi connectivity index (χ3v) is 6.85. The molecular formula is C29H40N4O5. The Bertz CT molecular complexity index is 1100. The van der Waals surface area contributed by atoms with Crippen molar-refractivity contribution in [3.63, 3.8) is 0 Å². The summed E-state index contributed by atoms with van der Waals surface area (Å²) in [4.78, 5) is 41.3. The summed E-state index contributed by atoms with van der Waals surface area (Å²) >= 11 is 0. The van der Waals surface area contributed by atoms with E-state index in [0.717, 1.165) is 49.4 Å². The molecule has 1 fully saturated rings. The van der Waals surface area contributed by atoms with Gasteiger partial charge in [0, 0.05) is 43.4 Å². The van der Waals surface area contributed by atoms with Gasteiger partial charge in [0.15, 0.2) is 0 Å². The van der Waals surface area contributed by atoms with Crippen LogP contribution in [-0.4, -0.2) is 62.7 Å². The molecule has 3 rings (SSSR count). The molecule has 9 heteroatoms. The summed E-state index contributed by atoms with van der Waals surface area (Å²) in [6.07, 6.45) is 2.74. The maximum absolute atomic E-state index is 12.9. The van der Waals surface area contributed by atoms with E-state index in [4.69, 9.17) is 9.47 Å².